The molecule has 1 N–H and O–H groups in total. The van der Waals surface area contributed by atoms with Crippen LogP contribution in [0.2, 0.25) is 5.02 Å². The largest absolute Gasteiger partial charge is 0.329 e. The van der Waals surface area contributed by atoms with Crippen molar-refractivity contribution in [2.24, 2.45) is 0 Å². The number of aromatic amines is 1. The highest BCUT2D eigenvalue weighted by Gasteiger charge is 2.23. The molecule has 0 saturated carbocycles. The first-order valence-corrected chi connectivity index (χ1v) is 6.60. The van der Waals surface area contributed by atoms with Gasteiger partial charge >= 0.3 is 5.69 Å². The second-order valence-corrected chi connectivity index (χ2v) is 5.70. The first-order valence-electron chi connectivity index (χ1n) is 4.33. The second-order valence-electron chi connectivity index (χ2n) is 3.36. The summed E-state index contributed by atoms with van der Waals surface area (Å²) in [5.74, 6) is 0. The molecule has 0 atom stereocenters. The van der Waals surface area contributed by atoms with E-state index in [1.54, 1.807) is 0 Å². The Morgan fingerprint density at radius 3 is 2.65 bits per heavy atom. The number of sulfone groups is 1. The standard InChI is InChI=1S/C8H6ClN3O4S/c1-17(15,16)8-10-5-3-2-4(9)7(12(13)14)6(5)11-8/h2-3H,1H3,(H,10,11). The van der Waals surface area contributed by atoms with Crippen LogP contribution >= 0.6 is 11.6 Å². The van der Waals surface area contributed by atoms with E-state index in [1.165, 1.54) is 12.1 Å². The third-order valence-corrected chi connectivity index (χ3v) is 3.29. The first kappa shape index (κ1) is 11.8. The minimum Gasteiger partial charge on any atom is -0.329 e. The van der Waals surface area contributed by atoms with Crippen molar-refractivity contribution < 1.29 is 13.3 Å². The summed E-state index contributed by atoms with van der Waals surface area (Å²) >= 11 is 5.68. The van der Waals surface area contributed by atoms with E-state index in [0.29, 0.717) is 0 Å². The topological polar surface area (TPSA) is 106 Å². The highest BCUT2D eigenvalue weighted by Crippen LogP contribution is 2.32. The van der Waals surface area contributed by atoms with Crippen LogP contribution in [0.1, 0.15) is 0 Å². The van der Waals surface area contributed by atoms with E-state index in [1.807, 2.05) is 0 Å². The Hall–Kier alpha value is -1.67. The lowest BCUT2D eigenvalue weighted by molar-refractivity contribution is -0.383. The number of nitrogens with zero attached hydrogens (tertiary/aromatic N) is 2. The van der Waals surface area contributed by atoms with Gasteiger partial charge in [0, 0.05) is 6.26 Å². The van der Waals surface area contributed by atoms with E-state index < -0.39 is 20.4 Å². The summed E-state index contributed by atoms with van der Waals surface area (Å²) in [6, 6.07) is 2.75. The zero-order chi connectivity index (χ0) is 12.8. The molecule has 0 aliphatic rings. The van der Waals surface area contributed by atoms with Crippen LogP contribution in [-0.4, -0.2) is 29.6 Å². The Morgan fingerprint density at radius 1 is 1.47 bits per heavy atom. The zero-order valence-electron chi connectivity index (χ0n) is 8.47. The normalized spacial score (nSPS) is 11.9. The SMILES string of the molecule is CS(=O)(=O)c1nc2c([N+](=O)[O-])c(Cl)ccc2[nH]1. The number of fused-ring (bicyclic) bond motifs is 1. The van der Waals surface area contributed by atoms with Gasteiger partial charge in [-0.2, -0.15) is 0 Å². The van der Waals surface area contributed by atoms with Crippen LogP contribution in [0, 0.1) is 10.1 Å². The number of imidazole rings is 1. The van der Waals surface area contributed by atoms with Gasteiger partial charge in [-0.1, -0.05) is 11.6 Å². The molecule has 2 rings (SSSR count). The fraction of sp³-hybridized carbons (Fsp3) is 0.125. The van der Waals surface area contributed by atoms with E-state index in [2.05, 4.69) is 9.97 Å². The molecule has 0 aliphatic carbocycles. The molecule has 0 amide bonds. The molecule has 1 aromatic carbocycles. The van der Waals surface area contributed by atoms with Gasteiger partial charge in [0.25, 0.3) is 0 Å². The molecule has 9 heteroatoms. The van der Waals surface area contributed by atoms with Crippen molar-refractivity contribution in [1.29, 1.82) is 0 Å². The van der Waals surface area contributed by atoms with Gasteiger partial charge in [-0.15, -0.1) is 0 Å². The summed E-state index contributed by atoms with van der Waals surface area (Å²) in [4.78, 5) is 16.3. The highest BCUT2D eigenvalue weighted by atomic mass is 35.5. The van der Waals surface area contributed by atoms with Gasteiger partial charge in [0.1, 0.15) is 5.02 Å². The highest BCUT2D eigenvalue weighted by molar-refractivity contribution is 7.90. The number of aromatic nitrogens is 2. The van der Waals surface area contributed by atoms with E-state index in [9.17, 15) is 18.5 Å². The smallest absolute Gasteiger partial charge is 0.315 e. The molecule has 0 spiro atoms. The van der Waals surface area contributed by atoms with Crippen molar-refractivity contribution >= 4 is 38.2 Å². The Labute approximate surface area is 100 Å². The zero-order valence-corrected chi connectivity index (χ0v) is 10.0. The number of rotatable bonds is 2. The fourth-order valence-electron chi connectivity index (χ4n) is 1.36. The Bertz CT molecular complexity index is 722. The number of halogens is 1. The molecule has 1 aromatic heterocycles. The van der Waals surface area contributed by atoms with Crippen molar-refractivity contribution in [2.75, 3.05) is 6.26 Å². The van der Waals surface area contributed by atoms with Gasteiger partial charge in [-0.25, -0.2) is 13.4 Å². The van der Waals surface area contributed by atoms with Crippen LogP contribution in [0.4, 0.5) is 5.69 Å². The molecule has 7 nitrogen and oxygen atoms in total. The van der Waals surface area contributed by atoms with Gasteiger partial charge in [-0.3, -0.25) is 10.1 Å². The number of nitro benzene ring substituents is 1. The fourth-order valence-corrected chi connectivity index (χ4v) is 2.14. The summed E-state index contributed by atoms with van der Waals surface area (Å²) in [6.45, 7) is 0. The van der Waals surface area contributed by atoms with Crippen molar-refractivity contribution in [2.45, 2.75) is 5.16 Å². The molecule has 0 unspecified atom stereocenters. The minimum absolute atomic E-state index is 0.0667. The molecule has 0 saturated heterocycles. The summed E-state index contributed by atoms with van der Waals surface area (Å²) in [5.41, 5.74) is -0.222. The lowest BCUT2D eigenvalue weighted by atomic mass is 10.3. The molecular formula is C8H6ClN3O4S. The molecule has 0 bridgehead atoms. The minimum atomic E-state index is -3.55. The van der Waals surface area contributed by atoms with Crippen LogP contribution in [-0.2, 0) is 9.84 Å². The van der Waals surface area contributed by atoms with Crippen LogP contribution in [0.3, 0.4) is 0 Å². The average molecular weight is 276 g/mol. The van der Waals surface area contributed by atoms with Crippen molar-refractivity contribution in [3.63, 3.8) is 0 Å². The van der Waals surface area contributed by atoms with Crippen LogP contribution in [0.15, 0.2) is 17.3 Å². The van der Waals surface area contributed by atoms with Crippen LogP contribution in [0.5, 0.6) is 0 Å². The van der Waals surface area contributed by atoms with Crippen molar-refractivity contribution in [3.8, 4) is 0 Å². The molecule has 0 radical (unpaired) electrons. The van der Waals surface area contributed by atoms with Crippen molar-refractivity contribution in [1.82, 2.24) is 9.97 Å². The van der Waals surface area contributed by atoms with E-state index in [0.717, 1.165) is 6.26 Å². The van der Waals surface area contributed by atoms with Gasteiger partial charge in [-0.05, 0) is 12.1 Å². The maximum Gasteiger partial charge on any atom is 0.315 e. The number of hydrogen-bond donors (Lipinski definition) is 1. The van der Waals surface area contributed by atoms with Crippen molar-refractivity contribution in [3.05, 3.63) is 27.3 Å². The monoisotopic (exact) mass is 275 g/mol. The third kappa shape index (κ3) is 1.96. The number of nitrogens with one attached hydrogen (secondary N) is 1. The molecule has 0 aliphatic heterocycles. The van der Waals surface area contributed by atoms with E-state index in [-0.39, 0.29) is 21.2 Å². The summed E-state index contributed by atoms with van der Waals surface area (Å²) in [5, 5.41) is 10.4. The number of nitro groups is 1. The number of H-pyrrole nitrogens is 1. The third-order valence-electron chi connectivity index (χ3n) is 2.09. The molecular weight excluding hydrogens is 270 g/mol. The predicted octanol–water partition coefficient (Wildman–Crippen LogP) is 1.53. The van der Waals surface area contributed by atoms with E-state index >= 15 is 0 Å². The van der Waals surface area contributed by atoms with E-state index in [4.69, 9.17) is 11.6 Å². The molecule has 90 valence electrons. The summed E-state index contributed by atoms with van der Waals surface area (Å²) < 4.78 is 22.5. The Balaban J connectivity index is 2.87. The number of hydrogen-bond acceptors (Lipinski definition) is 5. The lowest BCUT2D eigenvalue weighted by Crippen LogP contribution is -1.99. The Kier molecular flexibility index (Phi) is 2.55. The summed E-state index contributed by atoms with van der Waals surface area (Å²) in [7, 11) is -3.55. The first-order chi connectivity index (χ1) is 7.80. The Morgan fingerprint density at radius 2 is 2.12 bits per heavy atom. The summed E-state index contributed by atoms with van der Waals surface area (Å²) in [6.07, 6.45) is 0.957. The maximum atomic E-state index is 11.3. The predicted molar refractivity (Wildman–Crippen MR) is 60.9 cm³/mol. The average Bonchev–Trinajstić information content (AvgIpc) is 2.59. The van der Waals surface area contributed by atoms with Crippen LogP contribution < -0.4 is 0 Å². The molecule has 1 heterocycles. The molecule has 2 aromatic rings. The molecule has 17 heavy (non-hydrogen) atoms. The quantitative estimate of drug-likeness (QED) is 0.661. The van der Waals surface area contributed by atoms with Gasteiger partial charge in [0.05, 0.1) is 10.4 Å². The molecule has 0 fully saturated rings. The lowest BCUT2D eigenvalue weighted by Gasteiger charge is -1.94. The van der Waals surface area contributed by atoms with Gasteiger partial charge < -0.3 is 4.98 Å². The van der Waals surface area contributed by atoms with Gasteiger partial charge in [0.2, 0.25) is 15.0 Å². The maximum absolute atomic E-state index is 11.3. The second kappa shape index (κ2) is 3.67. The van der Waals surface area contributed by atoms with Gasteiger partial charge in [0.15, 0.2) is 5.52 Å². The number of benzene rings is 1. The van der Waals surface area contributed by atoms with Crippen LogP contribution in [0.25, 0.3) is 11.0 Å².